The first-order chi connectivity index (χ1) is 9.88. The zero-order valence-corrected chi connectivity index (χ0v) is 15.5. The van der Waals surface area contributed by atoms with Crippen LogP contribution in [0.2, 0.25) is 0 Å². The average Bonchev–Trinajstić information content (AvgIpc) is 2.91. The lowest BCUT2D eigenvalue weighted by molar-refractivity contribution is -0.131. The second kappa shape index (κ2) is 5.37. The van der Waals surface area contributed by atoms with Gasteiger partial charge in [-0.05, 0) is 44.0 Å². The highest BCUT2D eigenvalue weighted by Crippen LogP contribution is 2.34. The van der Waals surface area contributed by atoms with Crippen molar-refractivity contribution in [2.75, 3.05) is 0 Å². The van der Waals surface area contributed by atoms with Gasteiger partial charge < -0.3 is 9.30 Å². The van der Waals surface area contributed by atoms with Gasteiger partial charge in [0.25, 0.3) is 0 Å². The molecule has 0 unspecified atom stereocenters. The van der Waals surface area contributed by atoms with Crippen LogP contribution in [0.4, 0.5) is 0 Å². The normalized spacial score (nSPS) is 13.2. The van der Waals surface area contributed by atoms with Crippen molar-refractivity contribution in [3.05, 3.63) is 48.6 Å². The van der Waals surface area contributed by atoms with E-state index in [-0.39, 0.29) is 18.2 Å². The third-order valence-electron chi connectivity index (χ3n) is 3.32. The fourth-order valence-electron chi connectivity index (χ4n) is 2.28. The van der Waals surface area contributed by atoms with E-state index in [9.17, 15) is 9.59 Å². The quantitative estimate of drug-likeness (QED) is 0.373. The second-order valence-electron chi connectivity index (χ2n) is 4.63. The van der Waals surface area contributed by atoms with Crippen LogP contribution in [0.3, 0.4) is 0 Å². The molecule has 21 heavy (non-hydrogen) atoms. The fraction of sp³-hybridized carbons (Fsp3) is 0.143. The van der Waals surface area contributed by atoms with E-state index in [1.165, 1.54) is 0 Å². The second-order valence-corrected chi connectivity index (χ2v) is 7.19. The molecule has 0 spiro atoms. The molecule has 1 aromatic heterocycles. The van der Waals surface area contributed by atoms with Gasteiger partial charge in [0.05, 0.1) is 17.8 Å². The molecule has 2 aromatic rings. The zero-order valence-electron chi connectivity index (χ0n) is 10.7. The maximum atomic E-state index is 12.7. The molecule has 0 saturated carbocycles. The van der Waals surface area contributed by atoms with Gasteiger partial charge in [0.1, 0.15) is 0 Å². The minimum atomic E-state index is -0.291. The van der Waals surface area contributed by atoms with E-state index in [2.05, 4.69) is 47.8 Å². The topological polar surface area (TPSA) is 48.3 Å². The average molecular weight is 478 g/mol. The number of ether oxygens (including phenoxy) is 1. The molecule has 2 heterocycles. The maximum absolute atomic E-state index is 12.7. The summed E-state index contributed by atoms with van der Waals surface area (Å²) in [7, 11) is 1.76. The molecule has 0 bridgehead atoms. The Morgan fingerprint density at radius 1 is 1.24 bits per heavy atom. The van der Waals surface area contributed by atoms with Gasteiger partial charge in [-0.15, -0.1) is 0 Å². The number of hydrogen-bond donors (Lipinski definition) is 0. The number of ketones is 1. The highest BCUT2D eigenvalue weighted by Gasteiger charge is 2.29. The first-order valence-electron chi connectivity index (χ1n) is 5.97. The summed E-state index contributed by atoms with van der Waals surface area (Å²) >= 11 is 10.2. The highest BCUT2D eigenvalue weighted by molar-refractivity contribution is 9.13. The molecule has 0 saturated heterocycles. The van der Waals surface area contributed by atoms with Crippen molar-refractivity contribution in [1.29, 1.82) is 0 Å². The molecule has 1 aromatic carbocycles. The predicted molar refractivity (Wildman–Crippen MR) is 87.7 cm³/mol. The molecule has 1 aliphatic heterocycles. The van der Waals surface area contributed by atoms with Gasteiger partial charge in [0.2, 0.25) is 5.78 Å². The lowest BCUT2D eigenvalue weighted by atomic mass is 10.1. The molecular weight excluding hydrogens is 470 g/mol. The van der Waals surface area contributed by atoms with Crippen LogP contribution >= 0.6 is 47.8 Å². The summed E-state index contributed by atoms with van der Waals surface area (Å²) in [5.41, 5.74) is 1.74. The van der Waals surface area contributed by atoms with E-state index < -0.39 is 0 Å². The van der Waals surface area contributed by atoms with Gasteiger partial charge >= 0.3 is 5.97 Å². The number of carbonyl (C=O) groups excluding carboxylic acids is 2. The Bertz CT molecular complexity index is 795. The summed E-state index contributed by atoms with van der Waals surface area (Å²) in [5, 5.41) is 0. The van der Waals surface area contributed by atoms with Crippen LogP contribution in [0.5, 0.6) is 5.75 Å². The number of hydrogen-bond acceptors (Lipinski definition) is 3. The number of esters is 1. The Morgan fingerprint density at radius 2 is 1.95 bits per heavy atom. The summed E-state index contributed by atoms with van der Waals surface area (Å²) in [6.07, 6.45) is 0.197. The first kappa shape index (κ1) is 15.0. The monoisotopic (exact) mass is 475 g/mol. The van der Waals surface area contributed by atoms with Crippen molar-refractivity contribution in [3.63, 3.8) is 0 Å². The molecule has 108 valence electrons. The smallest absolute Gasteiger partial charge is 0.317 e. The number of carbonyl (C=O) groups is 2. The van der Waals surface area contributed by atoms with E-state index in [1.807, 2.05) is 6.07 Å². The summed E-state index contributed by atoms with van der Waals surface area (Å²) in [6.45, 7) is 0. The number of aromatic nitrogens is 1. The number of benzene rings is 1. The standard InChI is InChI=1S/C14H8Br3NO3/c1-18-9-5-12(19)21-11(9)4-10(18)14(20)7-2-6(15)3-8(16)13(7)17/h2-4H,5H2,1H3. The van der Waals surface area contributed by atoms with Crippen LogP contribution in [0.15, 0.2) is 31.6 Å². The van der Waals surface area contributed by atoms with Crippen LogP contribution in [0, 0.1) is 0 Å². The number of fused-ring (bicyclic) bond motifs is 1. The first-order valence-corrected chi connectivity index (χ1v) is 8.35. The molecule has 0 aliphatic carbocycles. The van der Waals surface area contributed by atoms with Crippen LogP contribution in [0.25, 0.3) is 0 Å². The summed E-state index contributed by atoms with van der Waals surface area (Å²) in [5.74, 6) is 0.0360. The van der Waals surface area contributed by atoms with Crippen molar-refractivity contribution >= 4 is 59.5 Å². The van der Waals surface area contributed by atoms with Crippen LogP contribution in [-0.4, -0.2) is 16.3 Å². The molecule has 0 amide bonds. The maximum Gasteiger partial charge on any atom is 0.317 e. The van der Waals surface area contributed by atoms with Crippen molar-refractivity contribution in [2.24, 2.45) is 7.05 Å². The molecule has 7 heteroatoms. The van der Waals surface area contributed by atoms with Gasteiger partial charge in [-0.25, -0.2) is 0 Å². The van der Waals surface area contributed by atoms with Crippen LogP contribution in [-0.2, 0) is 18.3 Å². The van der Waals surface area contributed by atoms with E-state index in [1.54, 1.807) is 23.7 Å². The van der Waals surface area contributed by atoms with Crippen LogP contribution < -0.4 is 4.74 Å². The lowest BCUT2D eigenvalue weighted by Gasteiger charge is -2.08. The third kappa shape index (κ3) is 2.51. The summed E-state index contributed by atoms with van der Waals surface area (Å²) < 4.78 is 9.08. The Hall–Kier alpha value is -0.920. The Morgan fingerprint density at radius 3 is 2.62 bits per heavy atom. The fourth-order valence-corrected chi connectivity index (χ4v) is 3.92. The molecular formula is C14H8Br3NO3. The van der Waals surface area contributed by atoms with Crippen molar-refractivity contribution < 1.29 is 14.3 Å². The van der Waals surface area contributed by atoms with E-state index in [4.69, 9.17) is 4.74 Å². The van der Waals surface area contributed by atoms with Crippen molar-refractivity contribution in [3.8, 4) is 5.75 Å². The van der Waals surface area contributed by atoms with Crippen LogP contribution in [0.1, 0.15) is 21.7 Å². The zero-order chi connectivity index (χ0) is 15.3. The van der Waals surface area contributed by atoms with E-state index >= 15 is 0 Å². The largest absolute Gasteiger partial charge is 0.424 e. The number of halogens is 3. The van der Waals surface area contributed by atoms with Gasteiger partial charge in [-0.1, -0.05) is 15.9 Å². The Labute approximate surface area is 145 Å². The highest BCUT2D eigenvalue weighted by atomic mass is 79.9. The van der Waals surface area contributed by atoms with Gasteiger partial charge in [-0.3, -0.25) is 9.59 Å². The number of rotatable bonds is 2. The molecule has 0 fully saturated rings. The number of nitrogens with zero attached hydrogens (tertiary/aromatic N) is 1. The van der Waals surface area contributed by atoms with Gasteiger partial charge in [0, 0.05) is 32.1 Å². The molecule has 0 N–H and O–H groups in total. The van der Waals surface area contributed by atoms with Gasteiger partial charge in [0.15, 0.2) is 5.75 Å². The minimum absolute atomic E-state index is 0.142. The lowest BCUT2D eigenvalue weighted by Crippen LogP contribution is -2.12. The Kier molecular flexibility index (Phi) is 3.83. The van der Waals surface area contributed by atoms with Crippen molar-refractivity contribution in [1.82, 2.24) is 4.57 Å². The minimum Gasteiger partial charge on any atom is -0.424 e. The van der Waals surface area contributed by atoms with E-state index in [0.717, 1.165) is 14.6 Å². The van der Waals surface area contributed by atoms with Crippen molar-refractivity contribution in [2.45, 2.75) is 6.42 Å². The van der Waals surface area contributed by atoms with E-state index in [0.29, 0.717) is 21.5 Å². The molecule has 4 nitrogen and oxygen atoms in total. The molecule has 1 aliphatic rings. The van der Waals surface area contributed by atoms with Gasteiger partial charge in [-0.2, -0.15) is 0 Å². The summed E-state index contributed by atoms with van der Waals surface area (Å²) in [6, 6.07) is 5.22. The molecule has 3 rings (SSSR count). The molecule has 0 radical (unpaired) electrons. The third-order valence-corrected chi connectivity index (χ3v) is 5.79. The summed E-state index contributed by atoms with van der Waals surface area (Å²) in [4.78, 5) is 24.0. The Balaban J connectivity index is 2.09. The molecule has 0 atom stereocenters. The SMILES string of the molecule is Cn1c(C(=O)c2cc(Br)cc(Br)c2Br)cc2c1CC(=O)O2. The predicted octanol–water partition coefficient (Wildman–Crippen LogP) is 4.01.